The monoisotopic (exact) mass is 1010 g/mol. The molecule has 2 unspecified atom stereocenters. The fourth-order valence-corrected chi connectivity index (χ4v) is 6.69. The van der Waals surface area contributed by atoms with E-state index in [-0.39, 0.29) is 99.9 Å². The van der Waals surface area contributed by atoms with Crippen LogP contribution in [-0.4, -0.2) is 74.7 Å². The standard InChI is InChI=1S/C19H12Cl3F3N4O3.C16H6Cl3F3N4O2.C3H6O/c1-8(30)7-31-15-4-11(20)10(3-12(15)21)18-27-16(28-32-18)14-6-29-5-9(19(23,24)25)2-13(22)17(29)26-14;17-8-3-12(27)9(18)2-7(8)15-24-13(25-28-15)11-5-26-4-6(16(20,21)22)1-10(19)14(26)23-11;1-3-2-4-3/h2-6,8,30H,7H2,1H3;1-5,27H;3H,2H2,1H3. The quantitative estimate of drug-likeness (QED) is 0.114. The van der Waals surface area contributed by atoms with Gasteiger partial charge in [0, 0.05) is 36.9 Å². The van der Waals surface area contributed by atoms with Gasteiger partial charge in [-0.1, -0.05) is 79.9 Å². The van der Waals surface area contributed by atoms with Crippen LogP contribution in [0, 0.1) is 0 Å². The van der Waals surface area contributed by atoms with Crippen LogP contribution in [0.2, 0.25) is 30.1 Å². The fraction of sp³-hybridized carbons (Fsp3) is 0.211. The molecule has 2 N–H and O–H groups in total. The number of pyridine rings is 2. The minimum atomic E-state index is -4.57. The van der Waals surface area contributed by atoms with E-state index in [1.165, 1.54) is 36.7 Å². The van der Waals surface area contributed by atoms with Crippen molar-refractivity contribution in [3.63, 3.8) is 0 Å². The first-order valence-corrected chi connectivity index (χ1v) is 20.1. The van der Waals surface area contributed by atoms with E-state index in [9.17, 15) is 36.6 Å². The highest BCUT2D eigenvalue weighted by Gasteiger charge is 2.33. The second-order valence-corrected chi connectivity index (χ2v) is 16.0. The summed E-state index contributed by atoms with van der Waals surface area (Å²) in [5.74, 6) is 0.0508. The van der Waals surface area contributed by atoms with Gasteiger partial charge in [0.15, 0.2) is 11.3 Å². The van der Waals surface area contributed by atoms with Crippen LogP contribution in [0.1, 0.15) is 25.0 Å². The summed E-state index contributed by atoms with van der Waals surface area (Å²) >= 11 is 36.3. The van der Waals surface area contributed by atoms with Crippen molar-refractivity contribution in [2.75, 3.05) is 13.2 Å². The molecular formula is C38H24Cl6F6N8O6. The van der Waals surface area contributed by atoms with Gasteiger partial charge in [0.2, 0.25) is 11.6 Å². The number of halogens is 12. The number of aliphatic hydroxyl groups is 1. The number of benzene rings is 2. The van der Waals surface area contributed by atoms with Gasteiger partial charge >= 0.3 is 12.4 Å². The second kappa shape index (κ2) is 18.4. The Balaban J connectivity index is 0.000000177. The molecule has 1 aliphatic rings. The Morgan fingerprint density at radius 1 is 0.672 bits per heavy atom. The second-order valence-electron chi connectivity index (χ2n) is 13.6. The average molecular weight is 1020 g/mol. The lowest BCUT2D eigenvalue weighted by molar-refractivity contribution is -0.138. The van der Waals surface area contributed by atoms with Crippen molar-refractivity contribution in [1.82, 2.24) is 39.1 Å². The average Bonchev–Trinajstić information content (AvgIpc) is 3.71. The van der Waals surface area contributed by atoms with Crippen molar-refractivity contribution in [3.05, 3.63) is 102 Å². The maximum Gasteiger partial charge on any atom is 0.417 e. The highest BCUT2D eigenvalue weighted by Crippen LogP contribution is 2.39. The lowest BCUT2D eigenvalue weighted by Crippen LogP contribution is -2.12. The zero-order chi connectivity index (χ0) is 46.4. The summed E-state index contributed by atoms with van der Waals surface area (Å²) < 4.78 is 101. The summed E-state index contributed by atoms with van der Waals surface area (Å²) in [4.78, 5) is 16.7. The third kappa shape index (κ3) is 10.7. The van der Waals surface area contributed by atoms with E-state index in [0.29, 0.717) is 11.7 Å². The zero-order valence-electron chi connectivity index (χ0n) is 32.0. The molecule has 6 aromatic heterocycles. The lowest BCUT2D eigenvalue weighted by Gasteiger charge is -2.11. The number of nitrogens with zero attached hydrogens (tertiary/aromatic N) is 8. The third-order valence-electron chi connectivity index (χ3n) is 8.48. The summed E-state index contributed by atoms with van der Waals surface area (Å²) in [6.07, 6.45) is -4.94. The van der Waals surface area contributed by atoms with Crippen LogP contribution in [-0.2, 0) is 17.1 Å². The third-order valence-corrected chi connectivity index (χ3v) is 10.3. The first-order valence-electron chi connectivity index (χ1n) is 17.8. The summed E-state index contributed by atoms with van der Waals surface area (Å²) in [6, 6.07) is 7.02. The molecule has 7 heterocycles. The van der Waals surface area contributed by atoms with E-state index in [0.717, 1.165) is 39.9 Å². The maximum atomic E-state index is 13.0. The van der Waals surface area contributed by atoms with Crippen molar-refractivity contribution in [2.45, 2.75) is 38.4 Å². The van der Waals surface area contributed by atoms with E-state index in [1.807, 2.05) is 0 Å². The van der Waals surface area contributed by atoms with Crippen LogP contribution in [0.3, 0.4) is 0 Å². The smallest absolute Gasteiger partial charge is 0.417 e. The number of hydrogen-bond acceptors (Lipinski definition) is 12. The number of hydrogen-bond donors (Lipinski definition) is 2. The summed E-state index contributed by atoms with van der Waals surface area (Å²) in [5, 5.41) is 26.6. The molecule has 0 spiro atoms. The predicted molar refractivity (Wildman–Crippen MR) is 222 cm³/mol. The molecule has 1 saturated heterocycles. The normalized spacial score (nSPS) is 14.3. The van der Waals surface area contributed by atoms with Crippen LogP contribution in [0.25, 0.3) is 57.2 Å². The van der Waals surface area contributed by atoms with Gasteiger partial charge in [-0.3, -0.25) is 0 Å². The SMILES string of the molecule is CC(O)COc1cc(Cl)c(-c2nc(-c3cn4cc(C(F)(F)F)cc(Cl)c4n3)no2)cc1Cl.CC1CO1.Oc1cc(Cl)c(-c2nc(-c3cn4cc(C(F)(F)F)cc(Cl)c4n3)no2)cc1Cl. The largest absolute Gasteiger partial charge is 0.506 e. The minimum absolute atomic E-state index is 0.00332. The highest BCUT2D eigenvalue weighted by molar-refractivity contribution is 6.37. The van der Waals surface area contributed by atoms with Gasteiger partial charge in [0.05, 0.1) is 71.2 Å². The molecule has 336 valence electrons. The van der Waals surface area contributed by atoms with Crippen molar-refractivity contribution < 1.29 is 55.1 Å². The van der Waals surface area contributed by atoms with Crippen molar-refractivity contribution >= 4 is 80.9 Å². The summed E-state index contributed by atoms with van der Waals surface area (Å²) in [6.45, 7) is 4.62. The van der Waals surface area contributed by atoms with Crippen LogP contribution < -0.4 is 4.74 Å². The van der Waals surface area contributed by atoms with Crippen LogP contribution in [0.15, 0.2) is 70.2 Å². The number of rotatable bonds is 7. The number of imidazole rings is 2. The number of phenols is 1. The molecule has 14 nitrogen and oxygen atoms in total. The minimum Gasteiger partial charge on any atom is -0.506 e. The van der Waals surface area contributed by atoms with E-state index < -0.39 is 29.6 Å². The van der Waals surface area contributed by atoms with Crippen molar-refractivity contribution in [2.24, 2.45) is 0 Å². The molecule has 64 heavy (non-hydrogen) atoms. The molecule has 2 aromatic carbocycles. The molecular weight excluding hydrogens is 991 g/mol. The summed E-state index contributed by atoms with van der Waals surface area (Å²) in [5.41, 5.74) is -0.799. The maximum absolute atomic E-state index is 13.0. The molecule has 1 aliphatic heterocycles. The molecule has 0 amide bonds. The van der Waals surface area contributed by atoms with Gasteiger partial charge in [0.1, 0.15) is 29.5 Å². The molecule has 9 rings (SSSR count). The predicted octanol–water partition coefficient (Wildman–Crippen LogP) is 11.9. The van der Waals surface area contributed by atoms with Crippen LogP contribution in [0.5, 0.6) is 11.5 Å². The van der Waals surface area contributed by atoms with E-state index in [1.54, 1.807) is 6.92 Å². The topological polar surface area (TPSA) is 175 Å². The molecule has 0 aliphatic carbocycles. The Hall–Kier alpha value is -5.06. The molecule has 2 atom stereocenters. The molecule has 0 radical (unpaired) electrons. The van der Waals surface area contributed by atoms with Gasteiger partial charge in [-0.05, 0) is 38.1 Å². The number of fused-ring (bicyclic) bond motifs is 2. The first kappa shape index (κ1) is 46.9. The molecule has 1 fully saturated rings. The van der Waals surface area contributed by atoms with Crippen molar-refractivity contribution in [1.29, 1.82) is 0 Å². The lowest BCUT2D eigenvalue weighted by atomic mass is 10.2. The Morgan fingerprint density at radius 3 is 1.53 bits per heavy atom. The van der Waals surface area contributed by atoms with E-state index in [2.05, 4.69) is 37.2 Å². The highest BCUT2D eigenvalue weighted by atomic mass is 35.5. The van der Waals surface area contributed by atoms with Crippen molar-refractivity contribution in [3.8, 4) is 57.4 Å². The molecule has 8 aromatic rings. The van der Waals surface area contributed by atoms with Gasteiger partial charge in [-0.25, -0.2) is 9.97 Å². The molecule has 0 saturated carbocycles. The zero-order valence-corrected chi connectivity index (χ0v) is 36.5. The number of aliphatic hydroxyl groups excluding tert-OH is 1. The number of phenolic OH excluding ortho intramolecular Hbond substituents is 1. The van der Waals surface area contributed by atoms with E-state index in [4.69, 9.17) is 88.1 Å². The summed E-state index contributed by atoms with van der Waals surface area (Å²) in [7, 11) is 0. The Labute approximate surface area is 384 Å². The number of aromatic nitrogens is 8. The van der Waals surface area contributed by atoms with Crippen LogP contribution in [0.4, 0.5) is 26.3 Å². The number of aromatic hydroxyl groups is 1. The molecule has 0 bridgehead atoms. The van der Waals surface area contributed by atoms with Gasteiger partial charge < -0.3 is 37.5 Å². The Morgan fingerprint density at radius 2 is 1.11 bits per heavy atom. The number of alkyl halides is 6. The number of ether oxygens (including phenoxy) is 2. The van der Waals surface area contributed by atoms with Gasteiger partial charge in [-0.15, -0.1) is 0 Å². The molecule has 26 heteroatoms. The van der Waals surface area contributed by atoms with Gasteiger partial charge in [0.25, 0.3) is 11.8 Å². The van der Waals surface area contributed by atoms with E-state index >= 15 is 0 Å². The number of epoxide rings is 1. The van der Waals surface area contributed by atoms with Crippen LogP contribution >= 0.6 is 69.6 Å². The Kier molecular flexibility index (Phi) is 13.5. The Bertz CT molecular complexity index is 3010. The first-order chi connectivity index (χ1) is 30.0. The fourth-order valence-electron chi connectivity index (χ4n) is 5.32. The van der Waals surface area contributed by atoms with Gasteiger partial charge in [-0.2, -0.15) is 36.3 Å².